The Hall–Kier alpha value is -1.09. The highest BCUT2D eigenvalue weighted by Gasteiger charge is 2.43. The van der Waals surface area contributed by atoms with E-state index in [9.17, 15) is 4.39 Å². The lowest BCUT2D eigenvalue weighted by Gasteiger charge is -2.40. The van der Waals surface area contributed by atoms with Crippen molar-refractivity contribution < 1.29 is 4.39 Å². The van der Waals surface area contributed by atoms with Crippen molar-refractivity contribution >= 4 is 5.69 Å². The summed E-state index contributed by atoms with van der Waals surface area (Å²) in [7, 11) is 2.00. The number of benzene rings is 1. The molecule has 1 saturated carbocycles. The lowest BCUT2D eigenvalue weighted by atomic mass is 9.93. The summed E-state index contributed by atoms with van der Waals surface area (Å²) in [5, 5.41) is 0. The van der Waals surface area contributed by atoms with Crippen LogP contribution in [0.15, 0.2) is 24.3 Å². The van der Waals surface area contributed by atoms with E-state index in [1.807, 2.05) is 13.1 Å². The molecule has 3 heteroatoms. The molecule has 0 amide bonds. The molecule has 0 aromatic heterocycles. The molecule has 16 heavy (non-hydrogen) atoms. The van der Waals surface area contributed by atoms with Gasteiger partial charge in [-0.25, -0.2) is 4.39 Å². The normalized spacial score (nSPS) is 19.2. The Labute approximate surface area is 96.2 Å². The lowest BCUT2D eigenvalue weighted by Crippen LogP contribution is -2.51. The van der Waals surface area contributed by atoms with E-state index >= 15 is 0 Å². The second-order valence-electron chi connectivity index (χ2n) is 4.87. The van der Waals surface area contributed by atoms with E-state index in [0.29, 0.717) is 12.5 Å². The second kappa shape index (κ2) is 4.06. The molecule has 0 aliphatic heterocycles. The van der Waals surface area contributed by atoms with Crippen LogP contribution >= 0.6 is 0 Å². The number of halogens is 1. The van der Waals surface area contributed by atoms with Crippen molar-refractivity contribution in [1.29, 1.82) is 0 Å². The average Bonchev–Trinajstić information content (AvgIpc) is 3.11. The summed E-state index contributed by atoms with van der Waals surface area (Å²) < 4.78 is 13.2. The molecule has 0 bridgehead atoms. The Kier molecular flexibility index (Phi) is 2.89. The van der Waals surface area contributed by atoms with Crippen LogP contribution in [0.4, 0.5) is 10.1 Å². The molecule has 1 aliphatic rings. The molecule has 1 aliphatic carbocycles. The molecule has 0 spiro atoms. The first-order chi connectivity index (χ1) is 7.58. The minimum absolute atomic E-state index is 0.0478. The number of anilines is 1. The maximum atomic E-state index is 13.2. The molecule has 1 atom stereocenters. The minimum atomic E-state index is -0.195. The molecule has 1 aromatic rings. The van der Waals surface area contributed by atoms with Crippen LogP contribution in [-0.4, -0.2) is 19.1 Å². The Bertz CT molecular complexity index is 376. The van der Waals surface area contributed by atoms with Crippen LogP contribution < -0.4 is 10.6 Å². The number of rotatable bonds is 4. The van der Waals surface area contributed by atoms with Gasteiger partial charge in [-0.2, -0.15) is 0 Å². The van der Waals surface area contributed by atoms with Gasteiger partial charge in [0.2, 0.25) is 0 Å². The van der Waals surface area contributed by atoms with E-state index in [1.165, 1.54) is 18.9 Å². The van der Waals surface area contributed by atoms with Crippen LogP contribution in [-0.2, 0) is 0 Å². The predicted octanol–water partition coefficient (Wildman–Crippen LogP) is 2.39. The molecule has 1 fully saturated rings. The zero-order chi connectivity index (χ0) is 11.8. The van der Waals surface area contributed by atoms with Crippen LogP contribution in [0.25, 0.3) is 0 Å². The molecule has 0 saturated heterocycles. The Morgan fingerprint density at radius 1 is 1.50 bits per heavy atom. The highest BCUT2D eigenvalue weighted by Crippen LogP contribution is 2.43. The molecule has 2 nitrogen and oxygen atoms in total. The number of hydrogen-bond acceptors (Lipinski definition) is 2. The molecular weight excluding hydrogens is 203 g/mol. The number of hydrogen-bond donors (Lipinski definition) is 1. The smallest absolute Gasteiger partial charge is 0.125 e. The zero-order valence-electron chi connectivity index (χ0n) is 9.91. The fourth-order valence-electron chi connectivity index (χ4n) is 2.26. The summed E-state index contributed by atoms with van der Waals surface area (Å²) in [5.74, 6) is 0.449. The van der Waals surface area contributed by atoms with Crippen molar-refractivity contribution in [3.05, 3.63) is 30.1 Å². The van der Waals surface area contributed by atoms with Gasteiger partial charge in [0.15, 0.2) is 0 Å². The third-order valence-electron chi connectivity index (χ3n) is 3.83. The maximum absolute atomic E-state index is 13.2. The van der Waals surface area contributed by atoms with Crippen molar-refractivity contribution in [2.24, 2.45) is 11.7 Å². The average molecular weight is 222 g/mol. The van der Waals surface area contributed by atoms with Crippen molar-refractivity contribution in [3.63, 3.8) is 0 Å². The fraction of sp³-hybridized carbons (Fsp3) is 0.538. The zero-order valence-corrected chi connectivity index (χ0v) is 9.91. The van der Waals surface area contributed by atoms with Gasteiger partial charge < -0.3 is 10.6 Å². The van der Waals surface area contributed by atoms with E-state index in [0.717, 1.165) is 5.69 Å². The van der Waals surface area contributed by atoms with E-state index < -0.39 is 0 Å². The SMILES string of the molecule is CN(c1cccc(F)c1)C(C)(CN)C1CC1. The topological polar surface area (TPSA) is 29.3 Å². The van der Waals surface area contributed by atoms with E-state index in [1.54, 1.807) is 12.1 Å². The van der Waals surface area contributed by atoms with Gasteiger partial charge in [0.25, 0.3) is 0 Å². The number of nitrogens with zero attached hydrogens (tertiary/aromatic N) is 1. The van der Waals surface area contributed by atoms with Crippen LogP contribution in [0.2, 0.25) is 0 Å². The quantitative estimate of drug-likeness (QED) is 0.847. The lowest BCUT2D eigenvalue weighted by molar-refractivity contribution is 0.397. The molecule has 1 unspecified atom stereocenters. The molecule has 2 rings (SSSR count). The summed E-state index contributed by atoms with van der Waals surface area (Å²) >= 11 is 0. The first-order valence-corrected chi connectivity index (χ1v) is 5.77. The summed E-state index contributed by atoms with van der Waals surface area (Å²) in [4.78, 5) is 2.12. The van der Waals surface area contributed by atoms with Crippen molar-refractivity contribution in [2.75, 3.05) is 18.5 Å². The Balaban J connectivity index is 2.26. The standard InChI is InChI=1S/C13H19FN2/c1-13(9-15,10-6-7-10)16(2)12-5-3-4-11(14)8-12/h3-5,8,10H,6-7,9,15H2,1-2H3. The Morgan fingerprint density at radius 3 is 2.69 bits per heavy atom. The Morgan fingerprint density at radius 2 is 2.19 bits per heavy atom. The molecule has 1 aromatic carbocycles. The van der Waals surface area contributed by atoms with Gasteiger partial charge in [-0.05, 0) is 43.9 Å². The molecule has 88 valence electrons. The van der Waals surface area contributed by atoms with Gasteiger partial charge in [-0.3, -0.25) is 0 Å². The molecular formula is C13H19FN2. The maximum Gasteiger partial charge on any atom is 0.125 e. The highest BCUT2D eigenvalue weighted by atomic mass is 19.1. The summed E-state index contributed by atoms with van der Waals surface area (Å²) in [6, 6.07) is 6.70. The third-order valence-corrected chi connectivity index (χ3v) is 3.83. The third kappa shape index (κ3) is 1.92. The first-order valence-electron chi connectivity index (χ1n) is 5.77. The molecule has 0 radical (unpaired) electrons. The van der Waals surface area contributed by atoms with Gasteiger partial charge in [0.1, 0.15) is 5.82 Å². The van der Waals surface area contributed by atoms with Crippen molar-refractivity contribution in [3.8, 4) is 0 Å². The van der Waals surface area contributed by atoms with E-state index in [2.05, 4.69) is 11.8 Å². The van der Waals surface area contributed by atoms with Gasteiger partial charge in [-0.15, -0.1) is 0 Å². The largest absolute Gasteiger partial charge is 0.368 e. The van der Waals surface area contributed by atoms with Crippen LogP contribution in [0, 0.1) is 11.7 Å². The van der Waals surface area contributed by atoms with Crippen molar-refractivity contribution in [2.45, 2.75) is 25.3 Å². The van der Waals surface area contributed by atoms with Gasteiger partial charge in [-0.1, -0.05) is 6.07 Å². The monoisotopic (exact) mass is 222 g/mol. The van der Waals surface area contributed by atoms with Gasteiger partial charge in [0.05, 0.1) is 5.54 Å². The fourth-order valence-corrected chi connectivity index (χ4v) is 2.26. The van der Waals surface area contributed by atoms with E-state index in [-0.39, 0.29) is 11.4 Å². The molecule has 0 heterocycles. The summed E-state index contributed by atoms with van der Waals surface area (Å²) in [5.41, 5.74) is 6.74. The number of likely N-dealkylation sites (N-methyl/N-ethyl adjacent to an activating group) is 1. The van der Waals surface area contributed by atoms with Gasteiger partial charge >= 0.3 is 0 Å². The highest BCUT2D eigenvalue weighted by molar-refractivity contribution is 5.49. The minimum Gasteiger partial charge on any atom is -0.368 e. The predicted molar refractivity (Wildman–Crippen MR) is 65.0 cm³/mol. The van der Waals surface area contributed by atoms with E-state index in [4.69, 9.17) is 5.73 Å². The first kappa shape index (κ1) is 11.4. The summed E-state index contributed by atoms with van der Waals surface area (Å²) in [6.45, 7) is 2.76. The van der Waals surface area contributed by atoms with Crippen LogP contribution in [0.1, 0.15) is 19.8 Å². The number of nitrogens with two attached hydrogens (primary N) is 1. The van der Waals surface area contributed by atoms with Crippen LogP contribution in [0.3, 0.4) is 0 Å². The molecule has 2 N–H and O–H groups in total. The van der Waals surface area contributed by atoms with Crippen molar-refractivity contribution in [1.82, 2.24) is 0 Å². The van der Waals surface area contributed by atoms with Gasteiger partial charge in [0, 0.05) is 19.3 Å². The summed E-state index contributed by atoms with van der Waals surface area (Å²) in [6.07, 6.45) is 2.46. The van der Waals surface area contributed by atoms with Crippen LogP contribution in [0.5, 0.6) is 0 Å². The second-order valence-corrected chi connectivity index (χ2v) is 4.87.